The number of carbonyl (C=O) groups excluding carboxylic acids is 1. The SMILES string of the molecule is O=C1Nc2ccccc2[C@@H](c2ccccc2)[C@@H]1Cc1ccccc1. The van der Waals surface area contributed by atoms with E-state index in [1.54, 1.807) is 0 Å². The number of hydrogen-bond donors (Lipinski definition) is 1. The summed E-state index contributed by atoms with van der Waals surface area (Å²) in [6, 6.07) is 28.7. The van der Waals surface area contributed by atoms with E-state index >= 15 is 0 Å². The van der Waals surface area contributed by atoms with Crippen molar-refractivity contribution in [3.05, 3.63) is 102 Å². The van der Waals surface area contributed by atoms with Crippen LogP contribution in [-0.2, 0) is 11.2 Å². The minimum absolute atomic E-state index is 0.0800. The largest absolute Gasteiger partial charge is 0.326 e. The molecule has 1 aliphatic rings. The van der Waals surface area contributed by atoms with Gasteiger partial charge in [0.15, 0.2) is 0 Å². The molecule has 0 aliphatic carbocycles. The van der Waals surface area contributed by atoms with Crippen LogP contribution in [0.1, 0.15) is 22.6 Å². The fourth-order valence-electron chi connectivity index (χ4n) is 3.63. The first-order valence-electron chi connectivity index (χ1n) is 8.31. The number of carbonyl (C=O) groups is 1. The fourth-order valence-corrected chi connectivity index (χ4v) is 3.63. The maximum absolute atomic E-state index is 12.8. The minimum Gasteiger partial charge on any atom is -0.326 e. The summed E-state index contributed by atoms with van der Waals surface area (Å²) in [5, 5.41) is 3.09. The maximum Gasteiger partial charge on any atom is 0.228 e. The Kier molecular flexibility index (Phi) is 3.87. The van der Waals surface area contributed by atoms with Crippen LogP contribution in [0.3, 0.4) is 0 Å². The second kappa shape index (κ2) is 6.32. The first kappa shape index (κ1) is 14.7. The van der Waals surface area contributed by atoms with Gasteiger partial charge in [0.05, 0.1) is 5.92 Å². The van der Waals surface area contributed by atoms with E-state index < -0.39 is 0 Å². The first-order chi connectivity index (χ1) is 11.8. The van der Waals surface area contributed by atoms with E-state index in [1.165, 1.54) is 16.7 Å². The second-order valence-corrected chi connectivity index (χ2v) is 6.26. The summed E-state index contributed by atoms with van der Waals surface area (Å²) >= 11 is 0. The van der Waals surface area contributed by atoms with Gasteiger partial charge in [-0.15, -0.1) is 0 Å². The Bertz CT molecular complexity index is 842. The summed E-state index contributed by atoms with van der Waals surface area (Å²) in [5.41, 5.74) is 4.52. The molecule has 24 heavy (non-hydrogen) atoms. The van der Waals surface area contributed by atoms with Gasteiger partial charge in [-0.3, -0.25) is 4.79 Å². The summed E-state index contributed by atoms with van der Waals surface area (Å²) in [7, 11) is 0. The minimum atomic E-state index is -0.107. The Hall–Kier alpha value is -2.87. The van der Waals surface area contributed by atoms with E-state index in [-0.39, 0.29) is 17.7 Å². The molecule has 2 atom stereocenters. The lowest BCUT2D eigenvalue weighted by Gasteiger charge is -2.33. The number of amides is 1. The van der Waals surface area contributed by atoms with Crippen LogP contribution in [-0.4, -0.2) is 5.91 Å². The molecule has 1 heterocycles. The highest BCUT2D eigenvalue weighted by molar-refractivity contribution is 5.97. The zero-order valence-electron chi connectivity index (χ0n) is 13.4. The van der Waals surface area contributed by atoms with Crippen LogP contribution in [0.4, 0.5) is 5.69 Å². The van der Waals surface area contributed by atoms with Crippen LogP contribution < -0.4 is 5.32 Å². The highest BCUT2D eigenvalue weighted by Crippen LogP contribution is 2.41. The van der Waals surface area contributed by atoms with Gasteiger partial charge in [-0.1, -0.05) is 78.9 Å². The molecule has 0 aromatic heterocycles. The molecule has 2 nitrogen and oxygen atoms in total. The third kappa shape index (κ3) is 2.71. The zero-order chi connectivity index (χ0) is 16.4. The number of fused-ring (bicyclic) bond motifs is 1. The van der Waals surface area contributed by atoms with E-state index in [9.17, 15) is 4.79 Å². The third-order valence-corrected chi connectivity index (χ3v) is 4.75. The van der Waals surface area contributed by atoms with Gasteiger partial charge in [-0.2, -0.15) is 0 Å². The summed E-state index contributed by atoms with van der Waals surface area (Å²) < 4.78 is 0. The molecule has 2 heteroatoms. The summed E-state index contributed by atoms with van der Waals surface area (Å²) in [6.07, 6.45) is 0.737. The molecule has 0 fully saturated rings. The Labute approximate surface area is 142 Å². The Morgan fingerprint density at radius 1 is 0.750 bits per heavy atom. The van der Waals surface area contributed by atoms with Gasteiger partial charge in [0, 0.05) is 11.6 Å². The molecule has 4 rings (SSSR count). The van der Waals surface area contributed by atoms with Crippen LogP contribution in [0.25, 0.3) is 0 Å². The average molecular weight is 313 g/mol. The van der Waals surface area contributed by atoms with Gasteiger partial charge >= 0.3 is 0 Å². The molecule has 1 aliphatic heterocycles. The fraction of sp³-hybridized carbons (Fsp3) is 0.136. The second-order valence-electron chi connectivity index (χ2n) is 6.26. The molecule has 0 spiro atoms. The summed E-state index contributed by atoms with van der Waals surface area (Å²) in [6.45, 7) is 0. The van der Waals surface area contributed by atoms with Crippen LogP contribution in [0.15, 0.2) is 84.9 Å². The molecule has 1 amide bonds. The average Bonchev–Trinajstić information content (AvgIpc) is 2.64. The number of anilines is 1. The zero-order valence-corrected chi connectivity index (χ0v) is 13.4. The molecular formula is C22H19NO. The Balaban J connectivity index is 1.80. The number of benzene rings is 3. The quantitative estimate of drug-likeness (QED) is 0.750. The lowest BCUT2D eigenvalue weighted by atomic mass is 9.74. The number of para-hydroxylation sites is 1. The van der Waals surface area contributed by atoms with Crippen molar-refractivity contribution < 1.29 is 4.79 Å². The van der Waals surface area contributed by atoms with Crippen molar-refractivity contribution in [1.29, 1.82) is 0 Å². The molecular weight excluding hydrogens is 294 g/mol. The maximum atomic E-state index is 12.8. The highest BCUT2D eigenvalue weighted by Gasteiger charge is 2.36. The predicted octanol–water partition coefficient (Wildman–Crippen LogP) is 4.63. The molecule has 1 N–H and O–H groups in total. The Morgan fingerprint density at radius 3 is 2.12 bits per heavy atom. The van der Waals surface area contributed by atoms with Crippen molar-refractivity contribution in [2.75, 3.05) is 5.32 Å². The van der Waals surface area contributed by atoms with Gasteiger partial charge in [0.1, 0.15) is 0 Å². The van der Waals surface area contributed by atoms with Crippen LogP contribution >= 0.6 is 0 Å². The van der Waals surface area contributed by atoms with Crippen molar-refractivity contribution in [1.82, 2.24) is 0 Å². The van der Waals surface area contributed by atoms with E-state index in [2.05, 4.69) is 35.6 Å². The standard InChI is InChI=1S/C22H19NO/c24-22-19(15-16-9-3-1-4-10-16)21(17-11-5-2-6-12-17)18-13-7-8-14-20(18)23-22/h1-14,19,21H,15H2,(H,23,24)/t19-,21+/m0/s1. The number of hydrogen-bond acceptors (Lipinski definition) is 1. The first-order valence-corrected chi connectivity index (χ1v) is 8.31. The van der Waals surface area contributed by atoms with E-state index in [1.807, 2.05) is 54.6 Å². The van der Waals surface area contributed by atoms with E-state index in [0.29, 0.717) is 0 Å². The van der Waals surface area contributed by atoms with Crippen molar-refractivity contribution in [3.8, 4) is 0 Å². The highest BCUT2D eigenvalue weighted by atomic mass is 16.2. The molecule has 0 unspecified atom stereocenters. The monoisotopic (exact) mass is 313 g/mol. The van der Waals surface area contributed by atoms with Gasteiger partial charge < -0.3 is 5.32 Å². The lowest BCUT2D eigenvalue weighted by molar-refractivity contribution is -0.120. The third-order valence-electron chi connectivity index (χ3n) is 4.75. The molecule has 0 saturated heterocycles. The van der Waals surface area contributed by atoms with Gasteiger partial charge in [-0.05, 0) is 29.2 Å². The summed E-state index contributed by atoms with van der Waals surface area (Å²) in [4.78, 5) is 12.8. The lowest BCUT2D eigenvalue weighted by Crippen LogP contribution is -2.35. The molecule has 0 radical (unpaired) electrons. The van der Waals surface area contributed by atoms with Gasteiger partial charge in [0.25, 0.3) is 0 Å². The van der Waals surface area contributed by atoms with Crippen LogP contribution in [0, 0.1) is 5.92 Å². The van der Waals surface area contributed by atoms with E-state index in [4.69, 9.17) is 0 Å². The topological polar surface area (TPSA) is 29.1 Å². The molecule has 0 saturated carbocycles. The molecule has 118 valence electrons. The van der Waals surface area contributed by atoms with Crippen LogP contribution in [0.2, 0.25) is 0 Å². The molecule has 3 aromatic carbocycles. The normalized spacial score (nSPS) is 19.4. The molecule has 0 bridgehead atoms. The van der Waals surface area contributed by atoms with Crippen molar-refractivity contribution in [2.45, 2.75) is 12.3 Å². The van der Waals surface area contributed by atoms with Crippen molar-refractivity contribution >= 4 is 11.6 Å². The smallest absolute Gasteiger partial charge is 0.228 e. The van der Waals surface area contributed by atoms with Crippen molar-refractivity contribution in [3.63, 3.8) is 0 Å². The predicted molar refractivity (Wildman–Crippen MR) is 97.0 cm³/mol. The van der Waals surface area contributed by atoms with Crippen LogP contribution in [0.5, 0.6) is 0 Å². The van der Waals surface area contributed by atoms with E-state index in [0.717, 1.165) is 12.1 Å². The number of nitrogens with one attached hydrogen (secondary N) is 1. The summed E-state index contributed by atoms with van der Waals surface area (Å²) in [5.74, 6) is 0.0764. The van der Waals surface area contributed by atoms with Gasteiger partial charge in [0.2, 0.25) is 5.91 Å². The Morgan fingerprint density at radius 2 is 1.38 bits per heavy atom. The number of rotatable bonds is 3. The van der Waals surface area contributed by atoms with Crippen molar-refractivity contribution in [2.24, 2.45) is 5.92 Å². The van der Waals surface area contributed by atoms with Gasteiger partial charge in [-0.25, -0.2) is 0 Å². The molecule has 3 aromatic rings.